The second-order valence-electron chi connectivity index (χ2n) is 7.40. The van der Waals surface area contributed by atoms with E-state index in [1.54, 1.807) is 10.9 Å². The maximum Gasteiger partial charge on any atom is 0.234 e. The summed E-state index contributed by atoms with van der Waals surface area (Å²) in [7, 11) is 1.89. The van der Waals surface area contributed by atoms with Gasteiger partial charge in [0.05, 0.1) is 17.3 Å². The van der Waals surface area contributed by atoms with Gasteiger partial charge < -0.3 is 14.5 Å². The van der Waals surface area contributed by atoms with Gasteiger partial charge in [-0.2, -0.15) is 5.10 Å². The molecular formula is C17H26N4O2. The first-order valence-corrected chi connectivity index (χ1v) is 8.77. The fraction of sp³-hybridized carbons (Fsp3) is 0.765. The van der Waals surface area contributed by atoms with Crippen LogP contribution in [0.15, 0.2) is 12.4 Å². The number of rotatable bonds is 3. The van der Waals surface area contributed by atoms with Gasteiger partial charge >= 0.3 is 0 Å². The highest BCUT2D eigenvalue weighted by Gasteiger charge is 2.51. The van der Waals surface area contributed by atoms with E-state index in [0.717, 1.165) is 63.8 Å². The van der Waals surface area contributed by atoms with Crippen LogP contribution in [-0.4, -0.2) is 60.0 Å². The number of hydrogen-bond donors (Lipinski definition) is 0. The molecule has 126 valence electrons. The molecule has 1 amide bonds. The van der Waals surface area contributed by atoms with E-state index in [9.17, 15) is 4.79 Å². The topological polar surface area (TPSA) is 50.6 Å². The Labute approximate surface area is 137 Å². The number of nitrogens with zero attached hydrogens (tertiary/aromatic N) is 4. The molecule has 3 saturated heterocycles. The molecule has 4 heterocycles. The predicted octanol–water partition coefficient (Wildman–Crippen LogP) is 1.28. The molecule has 0 aliphatic carbocycles. The van der Waals surface area contributed by atoms with Crippen molar-refractivity contribution in [2.45, 2.75) is 25.7 Å². The van der Waals surface area contributed by atoms with E-state index in [4.69, 9.17) is 4.74 Å². The van der Waals surface area contributed by atoms with Crippen LogP contribution in [0.3, 0.4) is 0 Å². The zero-order valence-corrected chi connectivity index (χ0v) is 13.9. The van der Waals surface area contributed by atoms with Gasteiger partial charge in [-0.05, 0) is 38.1 Å². The molecule has 1 aromatic rings. The number of hydrogen-bond acceptors (Lipinski definition) is 4. The third kappa shape index (κ3) is 2.78. The summed E-state index contributed by atoms with van der Waals surface area (Å²) in [6.07, 6.45) is 8.05. The summed E-state index contributed by atoms with van der Waals surface area (Å²) < 4.78 is 7.22. The Balaban J connectivity index is 1.40. The number of carbonyl (C=O) groups excluding carboxylic acids is 1. The molecule has 0 radical (unpaired) electrons. The maximum atomic E-state index is 13.0. The Morgan fingerprint density at radius 2 is 2.09 bits per heavy atom. The smallest absolute Gasteiger partial charge is 0.234 e. The first-order valence-electron chi connectivity index (χ1n) is 8.77. The Kier molecular flexibility index (Phi) is 3.89. The van der Waals surface area contributed by atoms with Crippen LogP contribution < -0.4 is 4.90 Å². The van der Waals surface area contributed by atoms with Gasteiger partial charge in [-0.25, -0.2) is 0 Å². The van der Waals surface area contributed by atoms with Crippen molar-refractivity contribution in [3.05, 3.63) is 12.4 Å². The molecular weight excluding hydrogens is 292 g/mol. The molecule has 1 aromatic heterocycles. The fourth-order valence-corrected chi connectivity index (χ4v) is 4.40. The second kappa shape index (κ2) is 5.91. The minimum absolute atomic E-state index is 0.152. The summed E-state index contributed by atoms with van der Waals surface area (Å²) in [4.78, 5) is 17.5. The highest BCUT2D eigenvalue weighted by atomic mass is 16.5. The fourth-order valence-electron chi connectivity index (χ4n) is 4.40. The average Bonchev–Trinajstić information content (AvgIpc) is 3.23. The van der Waals surface area contributed by atoms with E-state index >= 15 is 0 Å². The van der Waals surface area contributed by atoms with Gasteiger partial charge in [0.15, 0.2) is 0 Å². The van der Waals surface area contributed by atoms with E-state index in [0.29, 0.717) is 5.91 Å². The number of anilines is 1. The highest BCUT2D eigenvalue weighted by Crippen LogP contribution is 2.42. The molecule has 6 nitrogen and oxygen atoms in total. The van der Waals surface area contributed by atoms with Crippen LogP contribution in [0.1, 0.15) is 25.7 Å². The minimum Gasteiger partial charge on any atom is -0.381 e. The van der Waals surface area contributed by atoms with Gasteiger partial charge in [-0.15, -0.1) is 0 Å². The Bertz CT molecular complexity index is 581. The molecule has 6 heteroatoms. The van der Waals surface area contributed by atoms with Crippen molar-refractivity contribution in [1.29, 1.82) is 0 Å². The van der Waals surface area contributed by atoms with Gasteiger partial charge in [0.1, 0.15) is 0 Å². The van der Waals surface area contributed by atoms with Crippen molar-refractivity contribution in [2.75, 3.05) is 44.3 Å². The van der Waals surface area contributed by atoms with Crippen molar-refractivity contribution in [3.63, 3.8) is 0 Å². The van der Waals surface area contributed by atoms with Crippen LogP contribution >= 0.6 is 0 Å². The lowest BCUT2D eigenvalue weighted by Crippen LogP contribution is -2.38. The molecule has 1 atom stereocenters. The van der Waals surface area contributed by atoms with E-state index < -0.39 is 0 Å². The van der Waals surface area contributed by atoms with Crippen LogP contribution in [0.25, 0.3) is 0 Å². The average molecular weight is 318 g/mol. The molecule has 23 heavy (non-hydrogen) atoms. The second-order valence-corrected chi connectivity index (χ2v) is 7.40. The number of likely N-dealkylation sites (tertiary alicyclic amines) is 1. The summed E-state index contributed by atoms with van der Waals surface area (Å²) in [6, 6.07) is 0. The summed E-state index contributed by atoms with van der Waals surface area (Å²) in [5.74, 6) is 1.05. The lowest BCUT2D eigenvalue weighted by molar-refractivity contribution is -0.125. The number of ether oxygens (including phenoxy) is 1. The van der Waals surface area contributed by atoms with Crippen molar-refractivity contribution in [2.24, 2.45) is 18.4 Å². The summed E-state index contributed by atoms with van der Waals surface area (Å²) in [6.45, 7) is 5.75. The standard InChI is InChI=1S/C17H26N4O2/c1-19-12-15(10-18-19)21-7-5-17(16(21)22)4-6-20(13-17)11-14-2-8-23-9-3-14/h10,12,14H,2-9,11,13H2,1H3. The SMILES string of the molecule is Cn1cc(N2CCC3(CCN(CC4CCOCC4)C3)C2=O)cn1. The van der Waals surface area contributed by atoms with Gasteiger partial charge in [0.2, 0.25) is 5.91 Å². The summed E-state index contributed by atoms with van der Waals surface area (Å²) in [5.41, 5.74) is 0.790. The van der Waals surface area contributed by atoms with E-state index in [2.05, 4.69) is 10.00 Å². The normalized spacial score (nSPS) is 30.0. The molecule has 4 rings (SSSR count). The van der Waals surface area contributed by atoms with Crippen LogP contribution in [-0.2, 0) is 16.6 Å². The van der Waals surface area contributed by atoms with E-state index in [-0.39, 0.29) is 5.41 Å². The number of aromatic nitrogens is 2. The van der Waals surface area contributed by atoms with Crippen LogP contribution in [0.2, 0.25) is 0 Å². The van der Waals surface area contributed by atoms with Crippen LogP contribution in [0, 0.1) is 11.3 Å². The summed E-state index contributed by atoms with van der Waals surface area (Å²) >= 11 is 0. The van der Waals surface area contributed by atoms with Gasteiger partial charge in [0.25, 0.3) is 0 Å². The molecule has 0 aromatic carbocycles. The van der Waals surface area contributed by atoms with Crippen molar-refractivity contribution in [3.8, 4) is 0 Å². The third-order valence-electron chi connectivity index (χ3n) is 5.81. The molecule has 0 saturated carbocycles. The first-order chi connectivity index (χ1) is 11.2. The van der Waals surface area contributed by atoms with Crippen molar-refractivity contribution >= 4 is 11.6 Å². The van der Waals surface area contributed by atoms with Gasteiger partial charge in [0, 0.05) is 46.1 Å². The quantitative estimate of drug-likeness (QED) is 0.842. The predicted molar refractivity (Wildman–Crippen MR) is 87.2 cm³/mol. The van der Waals surface area contributed by atoms with Crippen molar-refractivity contribution in [1.82, 2.24) is 14.7 Å². The van der Waals surface area contributed by atoms with Crippen LogP contribution in [0.5, 0.6) is 0 Å². The molecule has 1 spiro atoms. The number of aryl methyl sites for hydroxylation is 1. The lowest BCUT2D eigenvalue weighted by atomic mass is 9.85. The molecule has 3 aliphatic rings. The Hall–Kier alpha value is -1.40. The lowest BCUT2D eigenvalue weighted by Gasteiger charge is -2.28. The zero-order valence-electron chi connectivity index (χ0n) is 13.9. The molecule has 0 bridgehead atoms. The van der Waals surface area contributed by atoms with E-state index in [1.807, 2.05) is 18.1 Å². The Morgan fingerprint density at radius 1 is 1.30 bits per heavy atom. The maximum absolute atomic E-state index is 13.0. The summed E-state index contributed by atoms with van der Waals surface area (Å²) in [5, 5.41) is 4.20. The number of amides is 1. The monoisotopic (exact) mass is 318 g/mol. The minimum atomic E-state index is -0.152. The molecule has 3 aliphatic heterocycles. The molecule has 1 unspecified atom stereocenters. The number of carbonyl (C=O) groups is 1. The van der Waals surface area contributed by atoms with Crippen molar-refractivity contribution < 1.29 is 9.53 Å². The van der Waals surface area contributed by atoms with Crippen LogP contribution in [0.4, 0.5) is 5.69 Å². The Morgan fingerprint density at radius 3 is 2.83 bits per heavy atom. The highest BCUT2D eigenvalue weighted by molar-refractivity contribution is 6.00. The third-order valence-corrected chi connectivity index (χ3v) is 5.81. The van der Waals surface area contributed by atoms with E-state index in [1.165, 1.54) is 12.8 Å². The molecule has 3 fully saturated rings. The first kappa shape index (κ1) is 15.1. The van der Waals surface area contributed by atoms with Gasteiger partial charge in [-0.1, -0.05) is 0 Å². The molecule has 0 N–H and O–H groups in total. The van der Waals surface area contributed by atoms with Gasteiger partial charge in [-0.3, -0.25) is 9.48 Å². The largest absolute Gasteiger partial charge is 0.381 e. The zero-order chi connectivity index (χ0) is 15.9.